The zero-order valence-electron chi connectivity index (χ0n) is 18.7. The van der Waals surface area contributed by atoms with Crippen molar-refractivity contribution in [2.75, 3.05) is 38.1 Å². The van der Waals surface area contributed by atoms with E-state index in [0.29, 0.717) is 17.1 Å². The largest absolute Gasteiger partial charge is 0.370 e. The number of nitrogens with zero attached hydrogens (tertiary/aromatic N) is 3. The Morgan fingerprint density at radius 3 is 2.67 bits per heavy atom. The number of nitrogens with one attached hydrogen (secondary N) is 2. The summed E-state index contributed by atoms with van der Waals surface area (Å²) < 4.78 is 13.5. The van der Waals surface area contributed by atoms with E-state index in [2.05, 4.69) is 25.1 Å². The summed E-state index contributed by atoms with van der Waals surface area (Å²) >= 11 is 0. The quantitative estimate of drug-likeness (QED) is 0.640. The number of hydrogen-bond donors (Lipinski definition) is 2. The monoisotopic (exact) mass is 449 g/mol. The highest BCUT2D eigenvalue weighted by Gasteiger charge is 2.32. The number of H-pyrrole nitrogens is 1. The van der Waals surface area contributed by atoms with E-state index >= 15 is 0 Å². The van der Waals surface area contributed by atoms with E-state index in [1.54, 1.807) is 25.4 Å². The zero-order valence-corrected chi connectivity index (χ0v) is 18.7. The van der Waals surface area contributed by atoms with E-state index in [0.717, 1.165) is 62.2 Å². The number of aromatic nitrogens is 2. The van der Waals surface area contributed by atoms with Gasteiger partial charge in [0.1, 0.15) is 11.5 Å². The lowest BCUT2D eigenvalue weighted by molar-refractivity contribution is 0.0958. The smallest absolute Gasteiger partial charge is 0.269 e. The molecule has 8 heteroatoms. The van der Waals surface area contributed by atoms with Gasteiger partial charge in [-0.2, -0.15) is 0 Å². The molecule has 3 aromatic rings. The van der Waals surface area contributed by atoms with Crippen LogP contribution in [0.1, 0.15) is 41.4 Å². The topological polar surface area (TPSA) is 81.3 Å². The number of anilines is 1. The summed E-state index contributed by atoms with van der Waals surface area (Å²) in [6, 6.07) is 10.6. The normalized spacial score (nSPS) is 19.8. The van der Waals surface area contributed by atoms with E-state index in [-0.39, 0.29) is 17.4 Å². The van der Waals surface area contributed by atoms with Gasteiger partial charge in [0.25, 0.3) is 11.5 Å². The second-order valence-electron chi connectivity index (χ2n) is 8.96. The molecule has 0 saturated carbocycles. The fourth-order valence-electron chi connectivity index (χ4n) is 5.17. The predicted molar refractivity (Wildman–Crippen MR) is 126 cm³/mol. The van der Waals surface area contributed by atoms with Crippen molar-refractivity contribution in [1.82, 2.24) is 20.2 Å². The fraction of sp³-hybridized carbons (Fsp3) is 0.400. The molecular weight excluding hydrogens is 421 g/mol. The Morgan fingerprint density at radius 1 is 1.12 bits per heavy atom. The lowest BCUT2D eigenvalue weighted by atomic mass is 10.0. The van der Waals surface area contributed by atoms with Crippen molar-refractivity contribution >= 4 is 22.4 Å². The molecule has 0 radical (unpaired) electrons. The maximum atomic E-state index is 13.5. The van der Waals surface area contributed by atoms with Crippen molar-refractivity contribution < 1.29 is 9.18 Å². The van der Waals surface area contributed by atoms with Crippen LogP contribution in [0.4, 0.5) is 10.1 Å². The lowest BCUT2D eigenvalue weighted by Crippen LogP contribution is -2.44. The Hall–Kier alpha value is -3.26. The molecule has 5 rings (SSSR count). The number of piperidine rings is 1. The first-order valence-electron chi connectivity index (χ1n) is 11.5. The third kappa shape index (κ3) is 4.35. The van der Waals surface area contributed by atoms with Crippen LogP contribution in [0.25, 0.3) is 10.8 Å². The van der Waals surface area contributed by atoms with Crippen LogP contribution in [0, 0.1) is 5.82 Å². The SMILES string of the molecule is CNC(=O)c1ccc(N2CCC(N3CCC(c4cc5ccc(F)cc5c(=O)[nH]4)C3)CC2)cn1. The molecule has 0 bridgehead atoms. The number of amides is 1. The number of aromatic amines is 1. The molecule has 1 unspecified atom stereocenters. The van der Waals surface area contributed by atoms with Crippen LogP contribution in [0.3, 0.4) is 0 Å². The number of rotatable bonds is 4. The van der Waals surface area contributed by atoms with Crippen molar-refractivity contribution in [3.05, 3.63) is 70.2 Å². The van der Waals surface area contributed by atoms with Gasteiger partial charge in [-0.3, -0.25) is 14.5 Å². The average molecular weight is 450 g/mol. The Morgan fingerprint density at radius 2 is 1.94 bits per heavy atom. The van der Waals surface area contributed by atoms with Crippen molar-refractivity contribution in [2.24, 2.45) is 0 Å². The summed E-state index contributed by atoms with van der Waals surface area (Å²) in [6.45, 7) is 3.84. The molecule has 1 aromatic carbocycles. The van der Waals surface area contributed by atoms with Crippen LogP contribution in [0.2, 0.25) is 0 Å². The molecule has 33 heavy (non-hydrogen) atoms. The molecule has 2 aliphatic rings. The van der Waals surface area contributed by atoms with Crippen LogP contribution in [0.15, 0.2) is 47.4 Å². The first-order chi connectivity index (χ1) is 16.0. The van der Waals surface area contributed by atoms with Gasteiger partial charge in [0.05, 0.1) is 11.9 Å². The van der Waals surface area contributed by atoms with Crippen molar-refractivity contribution in [2.45, 2.75) is 31.2 Å². The minimum atomic E-state index is -0.391. The highest BCUT2D eigenvalue weighted by Crippen LogP contribution is 2.31. The number of hydrogen-bond acceptors (Lipinski definition) is 5. The van der Waals surface area contributed by atoms with Crippen LogP contribution < -0.4 is 15.8 Å². The third-order valence-corrected chi connectivity index (χ3v) is 7.04. The number of likely N-dealkylation sites (tertiary alicyclic amines) is 1. The first kappa shape index (κ1) is 21.6. The number of benzene rings is 1. The number of pyridine rings is 2. The van der Waals surface area contributed by atoms with Crippen LogP contribution in [0.5, 0.6) is 0 Å². The van der Waals surface area contributed by atoms with Crippen molar-refractivity contribution in [1.29, 1.82) is 0 Å². The maximum Gasteiger partial charge on any atom is 0.269 e. The molecule has 1 amide bonds. The van der Waals surface area contributed by atoms with Crippen molar-refractivity contribution in [3.8, 4) is 0 Å². The second-order valence-corrected chi connectivity index (χ2v) is 8.96. The molecule has 4 heterocycles. The summed E-state index contributed by atoms with van der Waals surface area (Å²) in [5.74, 6) is -0.285. The molecule has 2 aliphatic heterocycles. The molecule has 0 aliphatic carbocycles. The van der Waals surface area contributed by atoms with Gasteiger partial charge in [0, 0.05) is 49.7 Å². The maximum absolute atomic E-state index is 13.5. The van der Waals surface area contributed by atoms with E-state index in [1.807, 2.05) is 12.1 Å². The van der Waals surface area contributed by atoms with Gasteiger partial charge in [0.2, 0.25) is 0 Å². The predicted octanol–water partition coefficient (Wildman–Crippen LogP) is 2.88. The van der Waals surface area contributed by atoms with Gasteiger partial charge < -0.3 is 15.2 Å². The van der Waals surface area contributed by atoms with E-state index < -0.39 is 5.82 Å². The number of carbonyl (C=O) groups is 1. The van der Waals surface area contributed by atoms with Gasteiger partial charge in [-0.15, -0.1) is 0 Å². The summed E-state index contributed by atoms with van der Waals surface area (Å²) in [7, 11) is 1.60. The molecule has 2 saturated heterocycles. The molecular formula is C25H28FN5O2. The Kier molecular flexibility index (Phi) is 5.85. The Balaban J connectivity index is 1.21. The van der Waals surface area contributed by atoms with Gasteiger partial charge >= 0.3 is 0 Å². The number of carbonyl (C=O) groups excluding carboxylic acids is 1. The second kappa shape index (κ2) is 8.94. The highest BCUT2D eigenvalue weighted by molar-refractivity contribution is 5.92. The van der Waals surface area contributed by atoms with Crippen molar-refractivity contribution in [3.63, 3.8) is 0 Å². The van der Waals surface area contributed by atoms with Gasteiger partial charge in [0.15, 0.2) is 0 Å². The fourth-order valence-corrected chi connectivity index (χ4v) is 5.17. The molecule has 2 N–H and O–H groups in total. The molecule has 1 atom stereocenters. The van der Waals surface area contributed by atoms with E-state index in [4.69, 9.17) is 0 Å². The Labute approximate surface area is 191 Å². The summed E-state index contributed by atoms with van der Waals surface area (Å²) in [5, 5.41) is 3.78. The van der Waals surface area contributed by atoms with Gasteiger partial charge in [-0.25, -0.2) is 9.37 Å². The number of fused-ring (bicyclic) bond motifs is 1. The van der Waals surface area contributed by atoms with Gasteiger partial charge in [-0.05, 0) is 61.5 Å². The van der Waals surface area contributed by atoms with Crippen LogP contribution >= 0.6 is 0 Å². The van der Waals surface area contributed by atoms with E-state index in [1.165, 1.54) is 12.1 Å². The molecule has 2 fully saturated rings. The van der Waals surface area contributed by atoms with Crippen LogP contribution in [-0.2, 0) is 0 Å². The third-order valence-electron chi connectivity index (χ3n) is 7.04. The van der Waals surface area contributed by atoms with Gasteiger partial charge in [-0.1, -0.05) is 6.07 Å². The summed E-state index contributed by atoms with van der Waals surface area (Å²) in [6.07, 6.45) is 4.92. The molecule has 0 spiro atoms. The van der Waals surface area contributed by atoms with E-state index in [9.17, 15) is 14.0 Å². The standard InChI is InChI=1S/C25H28FN5O2/c1-27-25(33)22-5-4-20(14-28-22)30-10-7-19(8-11-30)31-9-6-17(15-31)23-12-16-2-3-18(26)13-21(16)24(32)29-23/h2-5,12-14,17,19H,6-11,15H2,1H3,(H,27,33)(H,29,32). The minimum absolute atomic E-state index is 0.177. The number of halogens is 1. The summed E-state index contributed by atoms with van der Waals surface area (Å²) in [4.78, 5) is 36.3. The highest BCUT2D eigenvalue weighted by atomic mass is 19.1. The Bertz CT molecular complexity index is 1220. The van der Waals surface area contributed by atoms with Crippen LogP contribution in [-0.4, -0.2) is 60.0 Å². The molecule has 2 aromatic heterocycles. The molecule has 7 nitrogen and oxygen atoms in total. The first-order valence-corrected chi connectivity index (χ1v) is 11.5. The minimum Gasteiger partial charge on any atom is -0.370 e. The zero-order chi connectivity index (χ0) is 22.9. The molecule has 172 valence electrons. The lowest BCUT2D eigenvalue weighted by Gasteiger charge is -2.37. The summed E-state index contributed by atoms with van der Waals surface area (Å²) in [5.41, 5.74) is 2.20. The average Bonchev–Trinajstić information content (AvgIpc) is 3.34.